The maximum Gasteiger partial charge on any atom is 0.418 e. The van der Waals surface area contributed by atoms with E-state index in [2.05, 4.69) is 9.97 Å². The number of nitrogens with zero attached hydrogens (tertiary/aromatic N) is 4. The van der Waals surface area contributed by atoms with Crippen molar-refractivity contribution in [3.63, 3.8) is 0 Å². The minimum Gasteiger partial charge on any atom is -0.465 e. The third-order valence-corrected chi connectivity index (χ3v) is 6.53. The minimum atomic E-state index is -4.63. The summed E-state index contributed by atoms with van der Waals surface area (Å²) in [5.74, 6) is 0. The Morgan fingerprint density at radius 1 is 1.35 bits per heavy atom. The van der Waals surface area contributed by atoms with E-state index in [1.54, 1.807) is 16.5 Å². The topological polar surface area (TPSA) is 91.9 Å². The summed E-state index contributed by atoms with van der Waals surface area (Å²) in [5.41, 5.74) is 0.651. The molecule has 6 rings (SSSR count). The fourth-order valence-corrected chi connectivity index (χ4v) is 5.06. The van der Waals surface area contributed by atoms with Crippen molar-refractivity contribution < 1.29 is 32.2 Å². The molecule has 2 bridgehead atoms. The molecule has 31 heavy (non-hydrogen) atoms. The number of hydrogen-bond donors (Lipinski definition) is 1. The van der Waals surface area contributed by atoms with E-state index >= 15 is 0 Å². The van der Waals surface area contributed by atoms with E-state index < -0.39 is 18.4 Å². The Morgan fingerprint density at radius 2 is 2.10 bits per heavy atom. The van der Waals surface area contributed by atoms with Crippen LogP contribution in [0.4, 0.5) is 24.0 Å². The molecule has 3 aliphatic heterocycles. The predicted molar refractivity (Wildman–Crippen MR) is 105 cm³/mol. The third-order valence-electron chi connectivity index (χ3n) is 5.73. The fraction of sp³-hybridized carbons (Fsp3) is 0.421. The van der Waals surface area contributed by atoms with E-state index in [-0.39, 0.29) is 34.8 Å². The molecule has 8 nitrogen and oxygen atoms in total. The summed E-state index contributed by atoms with van der Waals surface area (Å²) in [6.07, 6.45) is -5.41. The molecule has 1 aromatic carbocycles. The first kappa shape index (κ1) is 20.1. The van der Waals surface area contributed by atoms with E-state index in [1.807, 2.05) is 0 Å². The molecule has 0 saturated carbocycles. The van der Waals surface area contributed by atoms with Crippen LogP contribution < -0.4 is 4.90 Å². The molecule has 0 spiro atoms. The van der Waals surface area contributed by atoms with Gasteiger partial charge < -0.3 is 19.2 Å². The third kappa shape index (κ3) is 3.21. The molecule has 5 heterocycles. The number of carbonyl (C=O) groups is 1. The number of benzene rings is 1. The standard InChI is InChI=1S/C19H17F3N4O4S/c1-29-15(19(20,21)22)11-2-3-12(16-23-4-5-31-16)14-13(11)24-17(30-14)25-7-9-6-10(8-25)26(9)18(27)28/h2-5,9-10,15H,6-8H2,1H3,(H,27,28). The van der Waals surface area contributed by atoms with Crippen molar-refractivity contribution in [1.29, 1.82) is 0 Å². The summed E-state index contributed by atoms with van der Waals surface area (Å²) in [6, 6.07) is 2.66. The number of alkyl halides is 3. The minimum absolute atomic E-state index is 0.0567. The monoisotopic (exact) mass is 454 g/mol. The Balaban J connectivity index is 1.59. The van der Waals surface area contributed by atoms with Gasteiger partial charge in [-0.15, -0.1) is 11.3 Å². The first-order valence-electron chi connectivity index (χ1n) is 9.47. The molecule has 3 aliphatic rings. The summed E-state index contributed by atoms with van der Waals surface area (Å²) >= 11 is 1.33. The molecule has 164 valence electrons. The van der Waals surface area contributed by atoms with Crippen molar-refractivity contribution in [2.75, 3.05) is 25.1 Å². The fourth-order valence-electron chi connectivity index (χ4n) is 4.40. The normalized spacial score (nSPS) is 21.9. The maximum atomic E-state index is 13.6. The number of ether oxygens (including phenoxy) is 1. The molecule has 0 aliphatic carbocycles. The quantitative estimate of drug-likeness (QED) is 0.633. The van der Waals surface area contributed by atoms with Gasteiger partial charge in [0.05, 0.1) is 17.6 Å². The van der Waals surface area contributed by atoms with E-state index in [0.29, 0.717) is 23.7 Å². The van der Waals surface area contributed by atoms with Gasteiger partial charge >= 0.3 is 12.3 Å². The van der Waals surface area contributed by atoms with E-state index in [0.717, 1.165) is 13.5 Å². The number of piperazine rings is 1. The maximum absolute atomic E-state index is 13.6. The van der Waals surface area contributed by atoms with Crippen LogP contribution in [0.3, 0.4) is 0 Å². The van der Waals surface area contributed by atoms with E-state index in [1.165, 1.54) is 28.4 Å². The van der Waals surface area contributed by atoms with E-state index in [9.17, 15) is 23.1 Å². The van der Waals surface area contributed by atoms with E-state index in [4.69, 9.17) is 9.15 Å². The lowest BCUT2D eigenvalue weighted by Gasteiger charge is -2.54. The number of thiazole rings is 1. The van der Waals surface area contributed by atoms with Crippen LogP contribution in [0.2, 0.25) is 0 Å². The van der Waals surface area contributed by atoms with Crippen LogP contribution >= 0.6 is 11.3 Å². The van der Waals surface area contributed by atoms with Crippen molar-refractivity contribution in [2.45, 2.75) is 30.8 Å². The molecule has 3 aromatic rings. The molecule has 1 N–H and O–H groups in total. The summed E-state index contributed by atoms with van der Waals surface area (Å²) in [5, 5.41) is 11.7. The number of hydrogen-bond acceptors (Lipinski definition) is 7. The molecule has 1 amide bonds. The van der Waals surface area contributed by atoms with Crippen molar-refractivity contribution in [2.24, 2.45) is 0 Å². The molecule has 3 saturated heterocycles. The molecule has 0 radical (unpaired) electrons. The van der Waals surface area contributed by atoms with Crippen LogP contribution in [-0.4, -0.2) is 64.5 Å². The molecule has 3 fully saturated rings. The Hall–Kier alpha value is -2.86. The number of oxazole rings is 1. The Bertz CT molecular complexity index is 1120. The summed E-state index contributed by atoms with van der Waals surface area (Å²) in [6.45, 7) is 0.731. The van der Waals surface area contributed by atoms with Crippen LogP contribution in [0.25, 0.3) is 21.7 Å². The van der Waals surface area contributed by atoms with Crippen LogP contribution in [-0.2, 0) is 4.74 Å². The zero-order valence-electron chi connectivity index (χ0n) is 16.2. The average molecular weight is 454 g/mol. The van der Waals surface area contributed by atoms with Gasteiger partial charge in [-0.05, 0) is 12.5 Å². The zero-order valence-corrected chi connectivity index (χ0v) is 17.0. The number of halogens is 3. The number of aromatic nitrogens is 2. The Kier molecular flexibility index (Phi) is 4.59. The Morgan fingerprint density at radius 3 is 2.68 bits per heavy atom. The molecule has 2 aromatic heterocycles. The van der Waals surface area contributed by atoms with Crippen molar-refractivity contribution in [3.8, 4) is 10.6 Å². The smallest absolute Gasteiger partial charge is 0.418 e. The molecular formula is C19H17F3N4O4S. The van der Waals surface area contributed by atoms with Crippen LogP contribution in [0.5, 0.6) is 0 Å². The lowest BCUT2D eigenvalue weighted by atomic mass is 9.88. The van der Waals surface area contributed by atoms with Gasteiger partial charge in [0, 0.05) is 37.3 Å². The number of methoxy groups -OCH3 is 1. The second-order valence-electron chi connectivity index (χ2n) is 7.51. The van der Waals surface area contributed by atoms with Crippen molar-refractivity contribution in [3.05, 3.63) is 29.3 Å². The first-order chi connectivity index (χ1) is 14.8. The molecule has 3 atom stereocenters. The van der Waals surface area contributed by atoms with Gasteiger partial charge in [-0.3, -0.25) is 4.90 Å². The van der Waals surface area contributed by atoms with Gasteiger partial charge in [0.25, 0.3) is 6.01 Å². The molecule has 12 heteroatoms. The highest BCUT2D eigenvalue weighted by Crippen LogP contribution is 2.43. The summed E-state index contributed by atoms with van der Waals surface area (Å²) < 4.78 is 51.5. The van der Waals surface area contributed by atoms with Crippen LogP contribution in [0, 0.1) is 0 Å². The zero-order chi connectivity index (χ0) is 21.9. The van der Waals surface area contributed by atoms with Gasteiger partial charge in [0.15, 0.2) is 11.7 Å². The largest absolute Gasteiger partial charge is 0.465 e. The number of amides is 1. The molecular weight excluding hydrogens is 437 g/mol. The number of anilines is 1. The molecule has 3 unspecified atom stereocenters. The van der Waals surface area contributed by atoms with Gasteiger partial charge in [-0.25, -0.2) is 9.78 Å². The van der Waals surface area contributed by atoms with Crippen LogP contribution in [0.15, 0.2) is 28.1 Å². The average Bonchev–Trinajstić information content (AvgIpc) is 3.37. The number of rotatable bonds is 4. The Labute approximate surface area is 177 Å². The SMILES string of the molecule is COC(c1ccc(-c2nccs2)c2oc(N3CC4CC(C3)N4C(=O)O)nc12)C(F)(F)F. The van der Waals surface area contributed by atoms with Crippen molar-refractivity contribution >= 4 is 34.5 Å². The van der Waals surface area contributed by atoms with Gasteiger partial charge in [-0.1, -0.05) is 6.07 Å². The highest BCUT2D eigenvalue weighted by atomic mass is 32.1. The van der Waals surface area contributed by atoms with Crippen molar-refractivity contribution in [1.82, 2.24) is 14.9 Å². The number of carboxylic acid groups (broad SMARTS) is 1. The van der Waals surface area contributed by atoms with Gasteiger partial charge in [-0.2, -0.15) is 18.2 Å². The highest BCUT2D eigenvalue weighted by molar-refractivity contribution is 7.13. The summed E-state index contributed by atoms with van der Waals surface area (Å²) in [4.78, 5) is 23.2. The number of fused-ring (bicyclic) bond motifs is 3. The second-order valence-corrected chi connectivity index (χ2v) is 8.40. The van der Waals surface area contributed by atoms with Gasteiger partial charge in [0.2, 0.25) is 0 Å². The highest BCUT2D eigenvalue weighted by Gasteiger charge is 2.49. The first-order valence-corrected chi connectivity index (χ1v) is 10.3. The lowest BCUT2D eigenvalue weighted by Crippen LogP contribution is -2.70. The predicted octanol–water partition coefficient (Wildman–Crippen LogP) is 4.14. The summed E-state index contributed by atoms with van der Waals surface area (Å²) in [7, 11) is 0.998. The number of piperidine rings is 1. The van der Waals surface area contributed by atoms with Gasteiger partial charge in [0.1, 0.15) is 10.5 Å². The van der Waals surface area contributed by atoms with Crippen LogP contribution in [0.1, 0.15) is 18.1 Å². The lowest BCUT2D eigenvalue weighted by molar-refractivity contribution is -0.215. The second kappa shape index (κ2) is 7.09.